The number of nitrogens with one attached hydrogen (secondary N) is 2. The fraction of sp³-hybridized carbons (Fsp3) is 0.0833. The Morgan fingerprint density at radius 1 is 0.759 bits per heavy atom. The average molecular weight is 401 g/mol. The first-order valence-electron chi connectivity index (χ1n) is 9.30. The van der Waals surface area contributed by atoms with Gasteiger partial charge in [-0.2, -0.15) is 0 Å². The second kappa shape index (κ2) is 7.89. The van der Waals surface area contributed by atoms with E-state index in [1.807, 2.05) is 80.6 Å². The number of rotatable bonds is 4. The molecule has 3 aromatic carbocycles. The van der Waals surface area contributed by atoms with Gasteiger partial charge in [0.2, 0.25) is 0 Å². The number of carbonyl (C=O) groups excluding carboxylic acids is 2. The van der Waals surface area contributed by atoms with Crippen molar-refractivity contribution in [3.63, 3.8) is 0 Å². The SMILES string of the molecule is Cc1sc(NC(=O)c2cccc3ccccc23)c(C(=O)Nc2ccccc2)c1C. The van der Waals surface area contributed by atoms with Crippen LogP contribution in [0.5, 0.6) is 0 Å². The number of aryl methyl sites for hydroxylation is 1. The van der Waals surface area contributed by atoms with Crippen molar-refractivity contribution in [3.8, 4) is 0 Å². The first-order valence-corrected chi connectivity index (χ1v) is 10.1. The highest BCUT2D eigenvalue weighted by molar-refractivity contribution is 7.16. The van der Waals surface area contributed by atoms with Crippen molar-refractivity contribution in [2.45, 2.75) is 13.8 Å². The predicted molar refractivity (Wildman–Crippen MR) is 120 cm³/mol. The van der Waals surface area contributed by atoms with Gasteiger partial charge >= 0.3 is 0 Å². The van der Waals surface area contributed by atoms with Crippen molar-refractivity contribution >= 4 is 44.6 Å². The molecule has 0 fully saturated rings. The number of thiophene rings is 1. The molecule has 0 saturated carbocycles. The van der Waals surface area contributed by atoms with Gasteiger partial charge in [-0.1, -0.05) is 54.6 Å². The summed E-state index contributed by atoms with van der Waals surface area (Å²) >= 11 is 1.42. The summed E-state index contributed by atoms with van der Waals surface area (Å²) in [4.78, 5) is 27.0. The fourth-order valence-electron chi connectivity index (χ4n) is 3.30. The van der Waals surface area contributed by atoms with Crippen molar-refractivity contribution in [1.82, 2.24) is 0 Å². The highest BCUT2D eigenvalue weighted by atomic mass is 32.1. The molecule has 4 aromatic rings. The zero-order valence-corrected chi connectivity index (χ0v) is 17.0. The van der Waals surface area contributed by atoms with E-state index in [9.17, 15) is 9.59 Å². The first-order chi connectivity index (χ1) is 14.0. The molecule has 4 rings (SSSR count). The molecule has 2 amide bonds. The summed E-state index contributed by atoms with van der Waals surface area (Å²) in [7, 11) is 0. The molecule has 29 heavy (non-hydrogen) atoms. The van der Waals surface area contributed by atoms with E-state index in [0.717, 1.165) is 21.2 Å². The van der Waals surface area contributed by atoms with Crippen LogP contribution in [0.1, 0.15) is 31.2 Å². The molecule has 0 aliphatic carbocycles. The van der Waals surface area contributed by atoms with Crippen molar-refractivity contribution < 1.29 is 9.59 Å². The second-order valence-electron chi connectivity index (χ2n) is 6.79. The Labute approximate surface area is 173 Å². The molecule has 1 aromatic heterocycles. The number of carbonyl (C=O) groups is 2. The van der Waals surface area contributed by atoms with Gasteiger partial charge in [-0.05, 0) is 48.4 Å². The molecule has 144 valence electrons. The minimum Gasteiger partial charge on any atom is -0.322 e. The monoisotopic (exact) mass is 400 g/mol. The van der Waals surface area contributed by atoms with E-state index < -0.39 is 0 Å². The molecule has 0 unspecified atom stereocenters. The van der Waals surface area contributed by atoms with E-state index in [1.165, 1.54) is 11.3 Å². The molecule has 0 bridgehead atoms. The molecule has 0 radical (unpaired) electrons. The van der Waals surface area contributed by atoms with Gasteiger partial charge in [0, 0.05) is 16.1 Å². The van der Waals surface area contributed by atoms with Gasteiger partial charge in [-0.15, -0.1) is 11.3 Å². The van der Waals surface area contributed by atoms with E-state index in [1.54, 1.807) is 6.07 Å². The number of fused-ring (bicyclic) bond motifs is 1. The smallest absolute Gasteiger partial charge is 0.258 e. The molecule has 5 heteroatoms. The molecule has 0 aliphatic heterocycles. The van der Waals surface area contributed by atoms with Crippen LogP contribution in [0.25, 0.3) is 10.8 Å². The highest BCUT2D eigenvalue weighted by Crippen LogP contribution is 2.34. The minimum atomic E-state index is -0.230. The van der Waals surface area contributed by atoms with Crippen LogP contribution in [-0.2, 0) is 0 Å². The summed E-state index contributed by atoms with van der Waals surface area (Å²) in [6, 6.07) is 22.7. The maximum atomic E-state index is 13.0. The third-order valence-corrected chi connectivity index (χ3v) is 6.03. The van der Waals surface area contributed by atoms with Crippen LogP contribution in [0.4, 0.5) is 10.7 Å². The van der Waals surface area contributed by atoms with Gasteiger partial charge in [0.05, 0.1) is 5.56 Å². The number of anilines is 2. The minimum absolute atomic E-state index is 0.225. The predicted octanol–water partition coefficient (Wildman–Crippen LogP) is 6.02. The molecule has 1 heterocycles. The summed E-state index contributed by atoms with van der Waals surface area (Å²) < 4.78 is 0. The summed E-state index contributed by atoms with van der Waals surface area (Å²) in [6.45, 7) is 3.85. The highest BCUT2D eigenvalue weighted by Gasteiger charge is 2.22. The van der Waals surface area contributed by atoms with Crippen molar-refractivity contribution in [3.05, 3.63) is 94.4 Å². The summed E-state index contributed by atoms with van der Waals surface area (Å²) in [5.41, 5.74) is 2.68. The Morgan fingerprint density at radius 3 is 2.24 bits per heavy atom. The Balaban J connectivity index is 1.66. The lowest BCUT2D eigenvalue weighted by molar-refractivity contribution is 0.102. The van der Waals surface area contributed by atoms with Crippen LogP contribution in [-0.4, -0.2) is 11.8 Å². The van der Waals surface area contributed by atoms with Gasteiger partial charge in [-0.25, -0.2) is 0 Å². The van der Waals surface area contributed by atoms with E-state index in [-0.39, 0.29) is 11.8 Å². The van der Waals surface area contributed by atoms with Gasteiger partial charge in [0.1, 0.15) is 5.00 Å². The molecule has 0 aliphatic rings. The Bertz CT molecular complexity index is 1210. The average Bonchev–Trinajstić information content (AvgIpc) is 3.01. The molecule has 4 nitrogen and oxygen atoms in total. The zero-order valence-electron chi connectivity index (χ0n) is 16.2. The van der Waals surface area contributed by atoms with Crippen molar-refractivity contribution in [1.29, 1.82) is 0 Å². The van der Waals surface area contributed by atoms with E-state index in [4.69, 9.17) is 0 Å². The van der Waals surface area contributed by atoms with Gasteiger partial charge in [-0.3, -0.25) is 9.59 Å². The largest absolute Gasteiger partial charge is 0.322 e. The summed E-state index contributed by atoms with van der Waals surface area (Å²) in [5.74, 6) is -0.455. The maximum absolute atomic E-state index is 13.0. The lowest BCUT2D eigenvalue weighted by Gasteiger charge is -2.10. The first kappa shape index (κ1) is 18.9. The van der Waals surface area contributed by atoms with Crippen LogP contribution in [0.3, 0.4) is 0 Å². The molecule has 0 saturated heterocycles. The van der Waals surface area contributed by atoms with Crippen LogP contribution < -0.4 is 10.6 Å². The quantitative estimate of drug-likeness (QED) is 0.440. The molecule has 2 N–H and O–H groups in total. The van der Waals surface area contributed by atoms with Gasteiger partial charge in [0.15, 0.2) is 0 Å². The fourth-order valence-corrected chi connectivity index (χ4v) is 4.35. The van der Waals surface area contributed by atoms with E-state index >= 15 is 0 Å². The van der Waals surface area contributed by atoms with Crippen molar-refractivity contribution in [2.24, 2.45) is 0 Å². The number of para-hydroxylation sites is 1. The maximum Gasteiger partial charge on any atom is 0.258 e. The lowest BCUT2D eigenvalue weighted by atomic mass is 10.0. The summed E-state index contributed by atoms with van der Waals surface area (Å²) in [5, 5.41) is 8.32. The Kier molecular flexibility index (Phi) is 5.14. The lowest BCUT2D eigenvalue weighted by Crippen LogP contribution is -2.17. The Hall–Kier alpha value is -3.44. The zero-order chi connectivity index (χ0) is 20.4. The van der Waals surface area contributed by atoms with Crippen LogP contribution >= 0.6 is 11.3 Å². The molecular formula is C24H20N2O2S. The molecular weight excluding hydrogens is 380 g/mol. The van der Waals surface area contributed by atoms with Crippen LogP contribution in [0.15, 0.2) is 72.8 Å². The van der Waals surface area contributed by atoms with E-state index in [2.05, 4.69) is 10.6 Å². The topological polar surface area (TPSA) is 58.2 Å². The van der Waals surface area contributed by atoms with Gasteiger partial charge in [0.25, 0.3) is 11.8 Å². The van der Waals surface area contributed by atoms with Gasteiger partial charge < -0.3 is 10.6 Å². The van der Waals surface area contributed by atoms with Crippen LogP contribution in [0, 0.1) is 13.8 Å². The number of hydrogen-bond donors (Lipinski definition) is 2. The van der Waals surface area contributed by atoms with Crippen molar-refractivity contribution in [2.75, 3.05) is 10.6 Å². The normalized spacial score (nSPS) is 10.7. The summed E-state index contributed by atoms with van der Waals surface area (Å²) in [6.07, 6.45) is 0. The third kappa shape index (κ3) is 3.77. The van der Waals surface area contributed by atoms with E-state index in [0.29, 0.717) is 21.8 Å². The number of benzene rings is 3. The second-order valence-corrected chi connectivity index (χ2v) is 8.01. The number of hydrogen-bond acceptors (Lipinski definition) is 3. The third-order valence-electron chi connectivity index (χ3n) is 4.91. The number of amides is 2. The standard InChI is InChI=1S/C24H20N2O2S/c1-15-16(2)29-24(21(15)23(28)25-18-11-4-3-5-12-18)26-22(27)20-14-8-10-17-9-6-7-13-19(17)20/h3-14H,1-2H3,(H,25,28)(H,26,27). The van der Waals surface area contributed by atoms with Crippen LogP contribution in [0.2, 0.25) is 0 Å². The Morgan fingerprint density at radius 2 is 1.45 bits per heavy atom. The molecule has 0 spiro atoms. The molecule has 0 atom stereocenters.